The van der Waals surface area contributed by atoms with Crippen molar-refractivity contribution in [2.45, 2.75) is 13.3 Å². The molecule has 0 fully saturated rings. The molecule has 0 bridgehead atoms. The van der Waals surface area contributed by atoms with Crippen molar-refractivity contribution in [1.82, 2.24) is 4.90 Å². The first kappa shape index (κ1) is 15.1. The molecule has 0 atom stereocenters. The average Bonchev–Trinajstić information content (AvgIpc) is 2.38. The Labute approximate surface area is 114 Å². The van der Waals surface area contributed by atoms with Crippen molar-refractivity contribution < 1.29 is 9.59 Å². The molecule has 0 aliphatic heterocycles. The minimum absolute atomic E-state index is 0.101. The Morgan fingerprint density at radius 3 is 2.37 bits per heavy atom. The molecule has 102 valence electrons. The molecule has 1 aromatic carbocycles. The summed E-state index contributed by atoms with van der Waals surface area (Å²) in [5.41, 5.74) is 1.36. The van der Waals surface area contributed by atoms with Crippen molar-refractivity contribution in [2.75, 3.05) is 26.0 Å². The Morgan fingerprint density at radius 1 is 1.21 bits per heavy atom. The molecule has 0 aliphatic rings. The summed E-state index contributed by atoms with van der Waals surface area (Å²) in [6.45, 7) is 2.55. The van der Waals surface area contributed by atoms with Gasteiger partial charge in [-0.1, -0.05) is 13.0 Å². The van der Waals surface area contributed by atoms with Gasteiger partial charge in [0.05, 0.1) is 0 Å². The van der Waals surface area contributed by atoms with E-state index in [1.165, 1.54) is 6.08 Å². The molecule has 0 saturated carbocycles. The quantitative estimate of drug-likeness (QED) is 0.631. The molecule has 0 unspecified atom stereocenters. The van der Waals surface area contributed by atoms with Gasteiger partial charge in [-0.15, -0.1) is 0 Å². The molecule has 0 aromatic heterocycles. The number of nitrogens with zero attached hydrogens (tertiary/aromatic N) is 1. The number of likely N-dealkylation sites (N-methyl/N-ethyl adjacent to an activating group) is 1. The first-order valence-electron chi connectivity index (χ1n) is 6.28. The molecule has 0 saturated heterocycles. The van der Waals surface area contributed by atoms with Crippen LogP contribution in [-0.4, -0.2) is 37.2 Å². The molecular weight excluding hydrogens is 240 g/mol. The van der Waals surface area contributed by atoms with Crippen LogP contribution in [-0.2, 0) is 4.79 Å². The standard InChI is InChI=1S/C15H20N2O2/c1-4-14(18)12-7-9-13(10-8-12)16-15(19)6-5-11-17(2)3/h5-10H,4,11H2,1-3H3,(H,16,19). The Balaban J connectivity index is 2.56. The number of amides is 1. The molecule has 0 aliphatic carbocycles. The van der Waals surface area contributed by atoms with Crippen molar-refractivity contribution >= 4 is 17.4 Å². The minimum Gasteiger partial charge on any atom is -0.323 e. The van der Waals surface area contributed by atoms with Crippen molar-refractivity contribution in [3.05, 3.63) is 42.0 Å². The van der Waals surface area contributed by atoms with Gasteiger partial charge in [0, 0.05) is 30.3 Å². The lowest BCUT2D eigenvalue weighted by molar-refractivity contribution is -0.111. The molecule has 1 aromatic rings. The molecule has 0 heterocycles. The van der Waals surface area contributed by atoms with Gasteiger partial charge >= 0.3 is 0 Å². The third-order valence-electron chi connectivity index (χ3n) is 2.54. The molecule has 19 heavy (non-hydrogen) atoms. The van der Waals surface area contributed by atoms with Gasteiger partial charge in [0.1, 0.15) is 0 Å². The number of carbonyl (C=O) groups is 2. The van der Waals surface area contributed by atoms with E-state index in [2.05, 4.69) is 5.32 Å². The van der Waals surface area contributed by atoms with E-state index in [0.29, 0.717) is 17.7 Å². The first-order chi connectivity index (χ1) is 9.02. The number of Topliss-reactive ketones (excluding diaryl/α,β-unsaturated/α-hetero) is 1. The Hall–Kier alpha value is -1.94. The number of hydrogen-bond acceptors (Lipinski definition) is 3. The van der Waals surface area contributed by atoms with Crippen LogP contribution < -0.4 is 5.32 Å². The lowest BCUT2D eigenvalue weighted by Gasteiger charge is -2.05. The maximum Gasteiger partial charge on any atom is 0.248 e. The van der Waals surface area contributed by atoms with Crippen LogP contribution in [0.25, 0.3) is 0 Å². The highest BCUT2D eigenvalue weighted by molar-refractivity contribution is 6.00. The summed E-state index contributed by atoms with van der Waals surface area (Å²) in [4.78, 5) is 25.0. The van der Waals surface area contributed by atoms with E-state index in [1.807, 2.05) is 25.9 Å². The Bertz CT molecular complexity index is 462. The highest BCUT2D eigenvalue weighted by Gasteiger charge is 2.03. The van der Waals surface area contributed by atoms with Gasteiger partial charge < -0.3 is 10.2 Å². The predicted octanol–water partition coefficient (Wildman–Crippen LogP) is 2.34. The Morgan fingerprint density at radius 2 is 1.84 bits per heavy atom. The van der Waals surface area contributed by atoms with Gasteiger partial charge in [0.15, 0.2) is 5.78 Å². The zero-order valence-corrected chi connectivity index (χ0v) is 11.6. The van der Waals surface area contributed by atoms with Gasteiger partial charge in [0.25, 0.3) is 0 Å². The van der Waals surface area contributed by atoms with Crippen molar-refractivity contribution in [3.8, 4) is 0 Å². The summed E-state index contributed by atoms with van der Waals surface area (Å²) in [5.74, 6) is -0.0693. The van der Waals surface area contributed by atoms with E-state index in [4.69, 9.17) is 0 Å². The number of benzene rings is 1. The number of hydrogen-bond donors (Lipinski definition) is 1. The van der Waals surface area contributed by atoms with Gasteiger partial charge in [-0.3, -0.25) is 9.59 Å². The fourth-order valence-corrected chi connectivity index (χ4v) is 1.50. The molecule has 1 amide bonds. The highest BCUT2D eigenvalue weighted by atomic mass is 16.1. The smallest absolute Gasteiger partial charge is 0.248 e. The molecule has 1 N–H and O–H groups in total. The number of carbonyl (C=O) groups excluding carboxylic acids is 2. The van der Waals surface area contributed by atoms with Crippen LogP contribution in [0.15, 0.2) is 36.4 Å². The summed E-state index contributed by atoms with van der Waals surface area (Å²) >= 11 is 0. The maximum absolute atomic E-state index is 11.6. The number of ketones is 1. The third-order valence-corrected chi connectivity index (χ3v) is 2.54. The van der Waals surface area contributed by atoms with Crippen LogP contribution in [0.1, 0.15) is 23.7 Å². The van der Waals surface area contributed by atoms with Crippen LogP contribution in [0.4, 0.5) is 5.69 Å². The van der Waals surface area contributed by atoms with E-state index < -0.39 is 0 Å². The number of nitrogens with one attached hydrogen (secondary N) is 1. The van der Waals surface area contributed by atoms with Crippen LogP contribution in [0.2, 0.25) is 0 Å². The van der Waals surface area contributed by atoms with E-state index in [-0.39, 0.29) is 11.7 Å². The number of anilines is 1. The van der Waals surface area contributed by atoms with Crippen LogP contribution in [0.3, 0.4) is 0 Å². The maximum atomic E-state index is 11.6. The van der Waals surface area contributed by atoms with E-state index in [9.17, 15) is 9.59 Å². The van der Waals surface area contributed by atoms with E-state index in [1.54, 1.807) is 30.3 Å². The van der Waals surface area contributed by atoms with E-state index >= 15 is 0 Å². The lowest BCUT2D eigenvalue weighted by atomic mass is 10.1. The predicted molar refractivity (Wildman–Crippen MR) is 77.4 cm³/mol. The second-order valence-electron chi connectivity index (χ2n) is 4.51. The third kappa shape index (κ3) is 5.48. The zero-order chi connectivity index (χ0) is 14.3. The van der Waals surface area contributed by atoms with Crippen LogP contribution in [0, 0.1) is 0 Å². The van der Waals surface area contributed by atoms with Crippen molar-refractivity contribution in [1.29, 1.82) is 0 Å². The fraction of sp³-hybridized carbons (Fsp3) is 0.333. The highest BCUT2D eigenvalue weighted by Crippen LogP contribution is 2.11. The topological polar surface area (TPSA) is 49.4 Å². The lowest BCUT2D eigenvalue weighted by Crippen LogP contribution is -2.13. The van der Waals surface area contributed by atoms with Gasteiger partial charge in [0.2, 0.25) is 5.91 Å². The molecule has 4 heteroatoms. The van der Waals surface area contributed by atoms with E-state index in [0.717, 1.165) is 6.54 Å². The summed E-state index contributed by atoms with van der Waals surface area (Å²) in [7, 11) is 3.87. The zero-order valence-electron chi connectivity index (χ0n) is 11.6. The summed E-state index contributed by atoms with van der Waals surface area (Å²) in [6.07, 6.45) is 3.79. The second-order valence-corrected chi connectivity index (χ2v) is 4.51. The number of rotatable bonds is 6. The van der Waals surface area contributed by atoms with Crippen LogP contribution >= 0.6 is 0 Å². The van der Waals surface area contributed by atoms with Crippen LogP contribution in [0.5, 0.6) is 0 Å². The molecule has 0 radical (unpaired) electrons. The summed E-state index contributed by atoms with van der Waals surface area (Å²) in [5, 5.41) is 2.74. The largest absolute Gasteiger partial charge is 0.323 e. The minimum atomic E-state index is -0.170. The first-order valence-corrected chi connectivity index (χ1v) is 6.28. The normalized spacial score (nSPS) is 10.9. The van der Waals surface area contributed by atoms with Crippen molar-refractivity contribution in [2.24, 2.45) is 0 Å². The van der Waals surface area contributed by atoms with Gasteiger partial charge in [-0.05, 0) is 38.4 Å². The van der Waals surface area contributed by atoms with Gasteiger partial charge in [-0.25, -0.2) is 0 Å². The summed E-state index contributed by atoms with van der Waals surface area (Å²) < 4.78 is 0. The Kier molecular flexibility index (Phi) is 5.96. The molecular formula is C15H20N2O2. The SMILES string of the molecule is CCC(=O)c1ccc(NC(=O)C=CCN(C)C)cc1. The molecule has 1 rings (SSSR count). The molecule has 4 nitrogen and oxygen atoms in total. The summed E-state index contributed by atoms with van der Waals surface area (Å²) in [6, 6.07) is 6.93. The monoisotopic (exact) mass is 260 g/mol. The van der Waals surface area contributed by atoms with Crippen molar-refractivity contribution in [3.63, 3.8) is 0 Å². The molecule has 0 spiro atoms. The average molecular weight is 260 g/mol. The fourth-order valence-electron chi connectivity index (χ4n) is 1.50. The van der Waals surface area contributed by atoms with Gasteiger partial charge in [-0.2, -0.15) is 0 Å². The second kappa shape index (κ2) is 7.48.